The highest BCUT2D eigenvalue weighted by molar-refractivity contribution is 7.89. The van der Waals surface area contributed by atoms with Crippen molar-refractivity contribution in [2.24, 2.45) is 5.10 Å². The molecule has 0 heterocycles. The van der Waals surface area contributed by atoms with Gasteiger partial charge in [0.2, 0.25) is 10.0 Å². The van der Waals surface area contributed by atoms with Gasteiger partial charge in [-0.15, -0.1) is 0 Å². The van der Waals surface area contributed by atoms with Gasteiger partial charge in [-0.05, 0) is 55.8 Å². The maximum absolute atomic E-state index is 12.3. The lowest BCUT2D eigenvalue weighted by Crippen LogP contribution is -2.22. The van der Waals surface area contributed by atoms with Crippen LogP contribution in [-0.2, 0) is 16.4 Å². The minimum absolute atomic E-state index is 0.0176. The van der Waals surface area contributed by atoms with E-state index in [1.807, 2.05) is 0 Å². The zero-order valence-electron chi connectivity index (χ0n) is 13.8. The molecule has 3 N–H and O–H groups in total. The number of phenols is 1. The van der Waals surface area contributed by atoms with E-state index >= 15 is 0 Å². The Balaban J connectivity index is 1.85. The van der Waals surface area contributed by atoms with Gasteiger partial charge in [0.1, 0.15) is 5.75 Å². The minimum Gasteiger partial charge on any atom is -0.507 e. The lowest BCUT2D eigenvalue weighted by molar-refractivity contribution is 0.0954. The van der Waals surface area contributed by atoms with Crippen LogP contribution >= 0.6 is 11.6 Å². The maximum atomic E-state index is 12.3. The Hall–Kier alpha value is -2.42. The Morgan fingerprint density at radius 2 is 2.00 bits per heavy atom. The highest BCUT2D eigenvalue weighted by atomic mass is 35.5. The third-order valence-electron chi connectivity index (χ3n) is 4.10. The molecule has 7 nitrogen and oxygen atoms in total. The topological polar surface area (TPSA) is 108 Å². The molecule has 1 amide bonds. The fourth-order valence-corrected chi connectivity index (χ4v) is 3.79. The predicted octanol–water partition coefficient (Wildman–Crippen LogP) is 2.03. The Morgan fingerprint density at radius 1 is 1.23 bits per heavy atom. The standard InChI is InChI=1S/C17H16ClN3O4S/c1-19-26(24,25)11-4-2-3-10(9-11)17(23)21-20-14-7-5-12-13(18)6-8-15(22)16(12)14/h2-4,6,8-9,19,22H,5,7H2,1H3,(H,21,23)/b20-14+. The number of sulfonamides is 1. The molecule has 1 aliphatic rings. The summed E-state index contributed by atoms with van der Waals surface area (Å²) in [5, 5.41) is 14.7. The number of fused-ring (bicyclic) bond motifs is 1. The summed E-state index contributed by atoms with van der Waals surface area (Å²) in [4.78, 5) is 12.3. The van der Waals surface area contributed by atoms with Crippen LogP contribution in [-0.4, -0.2) is 32.2 Å². The van der Waals surface area contributed by atoms with E-state index < -0.39 is 15.9 Å². The molecule has 0 bridgehead atoms. The average molecular weight is 394 g/mol. The van der Waals surface area contributed by atoms with Crippen molar-refractivity contribution < 1.29 is 18.3 Å². The van der Waals surface area contributed by atoms with Gasteiger partial charge in [-0.2, -0.15) is 5.10 Å². The fraction of sp³-hybridized carbons (Fsp3) is 0.176. The summed E-state index contributed by atoms with van der Waals surface area (Å²) in [5.74, 6) is -0.502. The molecule has 0 saturated carbocycles. The van der Waals surface area contributed by atoms with Crippen molar-refractivity contribution in [3.63, 3.8) is 0 Å². The molecule has 9 heteroatoms. The van der Waals surface area contributed by atoms with Crippen molar-refractivity contribution in [2.45, 2.75) is 17.7 Å². The molecule has 0 aromatic heterocycles. The first-order valence-corrected chi connectivity index (χ1v) is 9.61. The first kappa shape index (κ1) is 18.4. The van der Waals surface area contributed by atoms with Gasteiger partial charge in [0, 0.05) is 16.1 Å². The molecular weight excluding hydrogens is 378 g/mol. The lowest BCUT2D eigenvalue weighted by atomic mass is 10.1. The number of halogens is 1. The first-order valence-electron chi connectivity index (χ1n) is 7.74. The van der Waals surface area contributed by atoms with E-state index in [0.29, 0.717) is 29.1 Å². The first-order chi connectivity index (χ1) is 12.3. The SMILES string of the molecule is CNS(=O)(=O)c1cccc(C(=O)N/N=C2\CCc3c(Cl)ccc(O)c32)c1. The van der Waals surface area contributed by atoms with E-state index in [2.05, 4.69) is 15.2 Å². The Bertz CT molecular complexity index is 1020. The number of aromatic hydroxyl groups is 1. The second-order valence-electron chi connectivity index (χ2n) is 5.65. The summed E-state index contributed by atoms with van der Waals surface area (Å²) in [6.07, 6.45) is 1.15. The number of hydrogen-bond acceptors (Lipinski definition) is 5. The molecule has 26 heavy (non-hydrogen) atoms. The van der Waals surface area contributed by atoms with Crippen LogP contribution in [0.3, 0.4) is 0 Å². The normalized spacial score (nSPS) is 15.1. The molecule has 0 unspecified atom stereocenters. The number of hydrogen-bond donors (Lipinski definition) is 3. The molecule has 0 spiro atoms. The van der Waals surface area contributed by atoms with Crippen molar-refractivity contribution >= 4 is 33.2 Å². The molecule has 0 radical (unpaired) electrons. The van der Waals surface area contributed by atoms with E-state index in [9.17, 15) is 18.3 Å². The van der Waals surface area contributed by atoms with Crippen LogP contribution in [0.5, 0.6) is 5.75 Å². The van der Waals surface area contributed by atoms with E-state index in [0.717, 1.165) is 5.56 Å². The Kier molecular flexibility index (Phi) is 4.99. The second kappa shape index (κ2) is 7.06. The van der Waals surface area contributed by atoms with Gasteiger partial charge in [-0.1, -0.05) is 17.7 Å². The molecule has 1 aliphatic carbocycles. The molecule has 0 atom stereocenters. The number of carbonyl (C=O) groups excluding carboxylic acids is 1. The Morgan fingerprint density at radius 3 is 2.73 bits per heavy atom. The summed E-state index contributed by atoms with van der Waals surface area (Å²) in [6, 6.07) is 8.71. The number of nitrogens with one attached hydrogen (secondary N) is 2. The van der Waals surface area contributed by atoms with Crippen LogP contribution in [0, 0.1) is 0 Å². The maximum Gasteiger partial charge on any atom is 0.271 e. The van der Waals surface area contributed by atoms with E-state index in [-0.39, 0.29) is 16.2 Å². The van der Waals surface area contributed by atoms with Gasteiger partial charge in [0.25, 0.3) is 5.91 Å². The summed E-state index contributed by atoms with van der Waals surface area (Å²) in [5.41, 5.74) is 4.40. The van der Waals surface area contributed by atoms with Gasteiger partial charge in [0.05, 0.1) is 10.6 Å². The van der Waals surface area contributed by atoms with E-state index in [1.54, 1.807) is 6.07 Å². The minimum atomic E-state index is -3.65. The molecule has 3 rings (SSSR count). The smallest absolute Gasteiger partial charge is 0.271 e. The highest BCUT2D eigenvalue weighted by Gasteiger charge is 2.24. The monoisotopic (exact) mass is 393 g/mol. The van der Waals surface area contributed by atoms with E-state index in [1.165, 1.54) is 37.4 Å². The number of amides is 1. The van der Waals surface area contributed by atoms with Crippen LogP contribution in [0.2, 0.25) is 5.02 Å². The van der Waals surface area contributed by atoms with Crippen LogP contribution in [0.1, 0.15) is 27.9 Å². The molecule has 0 fully saturated rings. The van der Waals surface area contributed by atoms with Crippen molar-refractivity contribution in [3.8, 4) is 5.75 Å². The van der Waals surface area contributed by atoms with Crippen molar-refractivity contribution in [1.82, 2.24) is 10.1 Å². The largest absolute Gasteiger partial charge is 0.507 e. The Labute approximate surface area is 155 Å². The van der Waals surface area contributed by atoms with Gasteiger partial charge in [-0.3, -0.25) is 4.79 Å². The van der Waals surface area contributed by atoms with Crippen molar-refractivity contribution in [1.29, 1.82) is 0 Å². The summed E-state index contributed by atoms with van der Waals surface area (Å²) < 4.78 is 25.9. The van der Waals surface area contributed by atoms with E-state index in [4.69, 9.17) is 11.6 Å². The van der Waals surface area contributed by atoms with Crippen LogP contribution < -0.4 is 10.1 Å². The van der Waals surface area contributed by atoms with Crippen LogP contribution in [0.4, 0.5) is 0 Å². The van der Waals surface area contributed by atoms with Gasteiger partial charge in [0.15, 0.2) is 0 Å². The van der Waals surface area contributed by atoms with Gasteiger partial charge >= 0.3 is 0 Å². The predicted molar refractivity (Wildman–Crippen MR) is 98.1 cm³/mol. The number of carbonyl (C=O) groups is 1. The molecule has 2 aromatic rings. The van der Waals surface area contributed by atoms with Gasteiger partial charge in [-0.25, -0.2) is 18.6 Å². The molecule has 0 aliphatic heterocycles. The van der Waals surface area contributed by atoms with Crippen LogP contribution in [0.25, 0.3) is 0 Å². The summed E-state index contributed by atoms with van der Waals surface area (Å²) in [6.45, 7) is 0. The third kappa shape index (κ3) is 3.44. The van der Waals surface area contributed by atoms with Gasteiger partial charge < -0.3 is 5.11 Å². The highest BCUT2D eigenvalue weighted by Crippen LogP contribution is 2.35. The zero-order chi connectivity index (χ0) is 18.9. The van der Waals surface area contributed by atoms with Crippen molar-refractivity contribution in [2.75, 3.05) is 7.05 Å². The fourth-order valence-electron chi connectivity index (χ4n) is 2.76. The number of benzene rings is 2. The summed E-state index contributed by atoms with van der Waals surface area (Å²) in [7, 11) is -2.35. The van der Waals surface area contributed by atoms with Crippen LogP contribution in [0.15, 0.2) is 46.4 Å². The molecule has 136 valence electrons. The molecule has 2 aromatic carbocycles. The number of phenolic OH excluding ortho intramolecular Hbond substituents is 1. The lowest BCUT2D eigenvalue weighted by Gasteiger charge is -2.07. The zero-order valence-corrected chi connectivity index (χ0v) is 15.4. The number of rotatable bonds is 4. The molecular formula is C17H16ClN3O4S. The summed E-state index contributed by atoms with van der Waals surface area (Å²) >= 11 is 6.12. The second-order valence-corrected chi connectivity index (χ2v) is 7.95. The average Bonchev–Trinajstić information content (AvgIpc) is 3.08. The van der Waals surface area contributed by atoms with Crippen molar-refractivity contribution in [3.05, 3.63) is 58.1 Å². The molecule has 0 saturated heterocycles. The third-order valence-corrected chi connectivity index (χ3v) is 5.87. The number of hydrazone groups is 1. The number of nitrogens with zero attached hydrogens (tertiary/aromatic N) is 1. The quantitative estimate of drug-likeness (QED) is 0.690.